The molecule has 2 aliphatic rings. The molecule has 0 N–H and O–H groups in total. The van der Waals surface area contributed by atoms with E-state index in [9.17, 15) is 4.79 Å². The van der Waals surface area contributed by atoms with Gasteiger partial charge in [-0.2, -0.15) is 0 Å². The van der Waals surface area contributed by atoms with Crippen molar-refractivity contribution in [3.63, 3.8) is 0 Å². The lowest BCUT2D eigenvalue weighted by molar-refractivity contribution is -0.122. The molecule has 7 heteroatoms. The lowest BCUT2D eigenvalue weighted by Crippen LogP contribution is -2.31. The number of thioether (sulfide) groups is 1. The number of para-hydroxylation sites is 1. The summed E-state index contributed by atoms with van der Waals surface area (Å²) in [6.45, 7) is 1.31. The molecule has 0 atom stereocenters. The van der Waals surface area contributed by atoms with Gasteiger partial charge in [0.05, 0.1) is 25.2 Å². The van der Waals surface area contributed by atoms with Gasteiger partial charge < -0.3 is 14.2 Å². The van der Waals surface area contributed by atoms with E-state index in [1.165, 1.54) is 11.8 Å². The van der Waals surface area contributed by atoms with Crippen molar-refractivity contribution >= 4 is 40.3 Å². The van der Waals surface area contributed by atoms with Crippen molar-refractivity contribution < 1.29 is 19.0 Å². The molecule has 1 aromatic carbocycles. The van der Waals surface area contributed by atoms with Gasteiger partial charge in [-0.15, -0.1) is 0 Å². The van der Waals surface area contributed by atoms with E-state index in [-0.39, 0.29) is 5.91 Å². The Morgan fingerprint density at radius 2 is 2.25 bits per heavy atom. The van der Waals surface area contributed by atoms with Crippen molar-refractivity contribution in [2.75, 3.05) is 34.0 Å². The van der Waals surface area contributed by atoms with Crippen molar-refractivity contribution in [1.29, 1.82) is 0 Å². The second kappa shape index (κ2) is 7.38. The third-order valence-corrected chi connectivity index (χ3v) is 5.04. The first-order valence-corrected chi connectivity index (χ1v) is 8.61. The highest BCUT2D eigenvalue weighted by molar-refractivity contribution is 8.26. The molecule has 3 rings (SSSR count). The second-order valence-electron chi connectivity index (χ2n) is 5.21. The van der Waals surface area contributed by atoms with Gasteiger partial charge in [0, 0.05) is 12.7 Å². The fourth-order valence-electron chi connectivity index (χ4n) is 2.49. The molecule has 1 aromatic rings. The zero-order chi connectivity index (χ0) is 17.1. The van der Waals surface area contributed by atoms with Crippen LogP contribution >= 0.6 is 24.0 Å². The van der Waals surface area contributed by atoms with Gasteiger partial charge >= 0.3 is 0 Å². The molecule has 0 radical (unpaired) electrons. The van der Waals surface area contributed by atoms with Gasteiger partial charge in [-0.25, -0.2) is 0 Å². The van der Waals surface area contributed by atoms with E-state index in [2.05, 4.69) is 0 Å². The van der Waals surface area contributed by atoms with Gasteiger partial charge in [-0.05, 0) is 23.8 Å². The van der Waals surface area contributed by atoms with Crippen LogP contribution in [0.3, 0.4) is 0 Å². The van der Waals surface area contributed by atoms with E-state index in [4.69, 9.17) is 26.4 Å². The van der Waals surface area contributed by atoms with E-state index in [0.29, 0.717) is 34.7 Å². The number of benzene rings is 1. The predicted octanol–water partition coefficient (Wildman–Crippen LogP) is 2.86. The predicted molar refractivity (Wildman–Crippen MR) is 98.3 cm³/mol. The molecule has 0 unspecified atom stereocenters. The van der Waals surface area contributed by atoms with Gasteiger partial charge in [0.2, 0.25) is 0 Å². The Bertz CT molecular complexity index is 742. The highest BCUT2D eigenvalue weighted by Crippen LogP contribution is 2.37. The van der Waals surface area contributed by atoms with Crippen LogP contribution in [0.2, 0.25) is 0 Å². The first kappa shape index (κ1) is 17.0. The number of carbonyl (C=O) groups excluding carboxylic acids is 1. The number of fused-ring (bicyclic) bond motifs is 1. The quantitative estimate of drug-likeness (QED) is 0.592. The van der Waals surface area contributed by atoms with Crippen LogP contribution in [0.4, 0.5) is 0 Å². The first-order valence-electron chi connectivity index (χ1n) is 7.38. The minimum absolute atomic E-state index is 0.0839. The Balaban J connectivity index is 1.83. The molecular formula is C17H17NO4S2. The van der Waals surface area contributed by atoms with Crippen molar-refractivity contribution in [2.24, 2.45) is 0 Å². The molecule has 5 nitrogen and oxygen atoms in total. The van der Waals surface area contributed by atoms with Gasteiger partial charge in [-0.3, -0.25) is 9.69 Å². The second-order valence-corrected chi connectivity index (χ2v) is 6.89. The van der Waals surface area contributed by atoms with E-state index >= 15 is 0 Å². The normalized spacial score (nSPS) is 18.5. The van der Waals surface area contributed by atoms with Crippen molar-refractivity contribution in [2.45, 2.75) is 0 Å². The molecule has 126 valence electrons. The zero-order valence-electron chi connectivity index (χ0n) is 13.4. The molecule has 24 heavy (non-hydrogen) atoms. The van der Waals surface area contributed by atoms with Gasteiger partial charge in [0.1, 0.15) is 10.9 Å². The maximum atomic E-state index is 12.4. The molecule has 0 bridgehead atoms. The molecule has 1 amide bonds. The summed E-state index contributed by atoms with van der Waals surface area (Å²) in [5.41, 5.74) is 1.85. The number of rotatable bonds is 5. The number of nitrogens with zero attached hydrogens (tertiary/aromatic N) is 1. The van der Waals surface area contributed by atoms with Crippen molar-refractivity contribution in [3.8, 4) is 11.5 Å². The molecule has 0 saturated carbocycles. The Morgan fingerprint density at radius 3 is 3.00 bits per heavy atom. The minimum atomic E-state index is -0.0839. The number of ether oxygens (including phenoxy) is 3. The average molecular weight is 363 g/mol. The van der Waals surface area contributed by atoms with E-state index in [1.807, 2.05) is 30.4 Å². The van der Waals surface area contributed by atoms with E-state index < -0.39 is 0 Å². The van der Waals surface area contributed by atoms with Crippen LogP contribution in [0.1, 0.15) is 5.56 Å². The molecule has 0 spiro atoms. The Hall–Kier alpha value is -1.83. The topological polar surface area (TPSA) is 48.0 Å². The number of hydrogen-bond acceptors (Lipinski definition) is 6. The fraction of sp³-hybridized carbons (Fsp3) is 0.294. The molecular weight excluding hydrogens is 346 g/mol. The summed E-state index contributed by atoms with van der Waals surface area (Å²) in [5, 5.41) is 0. The summed E-state index contributed by atoms with van der Waals surface area (Å²) in [6, 6.07) is 5.72. The molecule has 1 fully saturated rings. The number of carbonyl (C=O) groups is 1. The van der Waals surface area contributed by atoms with Crippen LogP contribution in [-0.4, -0.2) is 49.1 Å². The third-order valence-electron chi connectivity index (χ3n) is 3.66. The summed E-state index contributed by atoms with van der Waals surface area (Å²) >= 11 is 6.58. The van der Waals surface area contributed by atoms with Crippen LogP contribution in [-0.2, 0) is 9.53 Å². The number of methoxy groups -OCH3 is 2. The molecule has 1 saturated heterocycles. The highest BCUT2D eigenvalue weighted by Gasteiger charge is 2.32. The van der Waals surface area contributed by atoms with Gasteiger partial charge in [-0.1, -0.05) is 36.1 Å². The van der Waals surface area contributed by atoms with E-state index in [1.54, 1.807) is 19.1 Å². The molecule has 2 aliphatic heterocycles. The summed E-state index contributed by atoms with van der Waals surface area (Å²) in [6.07, 6.45) is 3.84. The van der Waals surface area contributed by atoms with Crippen LogP contribution in [0.25, 0.3) is 6.08 Å². The summed E-state index contributed by atoms with van der Waals surface area (Å²) in [7, 11) is 3.22. The smallest absolute Gasteiger partial charge is 0.266 e. The number of hydrogen-bond donors (Lipinski definition) is 0. The SMILES string of the molecule is COCCN1C(=O)C(=CC2=Cc3cccc(OC)c3OC2)SC1=S. The largest absolute Gasteiger partial charge is 0.493 e. The monoisotopic (exact) mass is 363 g/mol. The van der Waals surface area contributed by atoms with Crippen molar-refractivity contribution in [1.82, 2.24) is 4.90 Å². The number of amides is 1. The lowest BCUT2D eigenvalue weighted by atomic mass is 10.1. The maximum Gasteiger partial charge on any atom is 0.266 e. The summed E-state index contributed by atoms with van der Waals surface area (Å²) < 4.78 is 16.7. The van der Waals surface area contributed by atoms with Crippen LogP contribution in [0.15, 0.2) is 34.8 Å². The fourth-order valence-corrected chi connectivity index (χ4v) is 3.81. The summed E-state index contributed by atoms with van der Waals surface area (Å²) in [4.78, 5) is 14.6. The standard InChI is InChI=1S/C17H17NO4S2/c1-20-7-6-18-16(19)14(24-17(18)23)9-11-8-12-4-3-5-13(21-2)15(12)22-10-11/h3-5,8-9H,6-7,10H2,1-2H3. The Morgan fingerprint density at radius 1 is 1.42 bits per heavy atom. The average Bonchev–Trinajstić information content (AvgIpc) is 2.85. The maximum absolute atomic E-state index is 12.4. The van der Waals surface area contributed by atoms with Crippen LogP contribution in [0.5, 0.6) is 11.5 Å². The lowest BCUT2D eigenvalue weighted by Gasteiger charge is -2.18. The van der Waals surface area contributed by atoms with Crippen molar-refractivity contribution in [3.05, 3.63) is 40.3 Å². The molecule has 0 aromatic heterocycles. The molecule has 2 heterocycles. The van der Waals surface area contributed by atoms with Gasteiger partial charge in [0.25, 0.3) is 5.91 Å². The zero-order valence-corrected chi connectivity index (χ0v) is 15.0. The van der Waals surface area contributed by atoms with Gasteiger partial charge in [0.15, 0.2) is 11.5 Å². The Kier molecular flexibility index (Phi) is 5.23. The Labute approximate surface area is 150 Å². The van der Waals surface area contributed by atoms with E-state index in [0.717, 1.165) is 16.9 Å². The van der Waals surface area contributed by atoms with Crippen LogP contribution < -0.4 is 9.47 Å². The third kappa shape index (κ3) is 3.33. The van der Waals surface area contributed by atoms with Crippen LogP contribution in [0, 0.1) is 0 Å². The highest BCUT2D eigenvalue weighted by atomic mass is 32.2. The first-order chi connectivity index (χ1) is 11.6. The summed E-state index contributed by atoms with van der Waals surface area (Å²) in [5.74, 6) is 1.35. The number of thiocarbonyl (C=S) groups is 1. The minimum Gasteiger partial charge on any atom is -0.493 e. The molecule has 0 aliphatic carbocycles.